The van der Waals surface area contributed by atoms with Gasteiger partial charge in [-0.25, -0.2) is 0 Å². The van der Waals surface area contributed by atoms with Crippen molar-refractivity contribution in [3.8, 4) is 11.5 Å². The first kappa shape index (κ1) is 15.8. The van der Waals surface area contributed by atoms with Crippen LogP contribution in [0.15, 0.2) is 12.1 Å². The van der Waals surface area contributed by atoms with Crippen LogP contribution >= 0.6 is 23.2 Å². The van der Waals surface area contributed by atoms with E-state index >= 15 is 0 Å². The standard InChI is InChI=1S/C16H22Cl2O2/c1-10-4-11(2)6-14(5-10)20-16-12(9-17)7-13(18)8-15(16)19-3/h7-8,10-11,14H,4-6,9H2,1-3H3. The van der Waals surface area contributed by atoms with Gasteiger partial charge in [0, 0.05) is 16.7 Å². The lowest BCUT2D eigenvalue weighted by Gasteiger charge is -2.32. The fourth-order valence-corrected chi connectivity index (χ4v) is 3.57. The third-order valence-electron chi connectivity index (χ3n) is 3.88. The van der Waals surface area contributed by atoms with E-state index in [9.17, 15) is 0 Å². The Labute approximate surface area is 131 Å². The summed E-state index contributed by atoms with van der Waals surface area (Å²) < 4.78 is 11.6. The maximum Gasteiger partial charge on any atom is 0.166 e. The van der Waals surface area contributed by atoms with Gasteiger partial charge in [0.1, 0.15) is 0 Å². The number of hydrogen-bond donors (Lipinski definition) is 0. The predicted molar refractivity (Wildman–Crippen MR) is 84.2 cm³/mol. The van der Waals surface area contributed by atoms with Gasteiger partial charge in [0.05, 0.1) is 19.1 Å². The van der Waals surface area contributed by atoms with Crippen molar-refractivity contribution < 1.29 is 9.47 Å². The van der Waals surface area contributed by atoms with Crippen LogP contribution in [0.2, 0.25) is 5.02 Å². The van der Waals surface area contributed by atoms with Crippen molar-refractivity contribution in [1.29, 1.82) is 0 Å². The lowest BCUT2D eigenvalue weighted by Crippen LogP contribution is -2.29. The zero-order valence-electron chi connectivity index (χ0n) is 12.3. The summed E-state index contributed by atoms with van der Waals surface area (Å²) in [6.07, 6.45) is 3.67. The summed E-state index contributed by atoms with van der Waals surface area (Å²) in [7, 11) is 1.63. The second-order valence-electron chi connectivity index (χ2n) is 5.89. The first-order valence-electron chi connectivity index (χ1n) is 7.12. The largest absolute Gasteiger partial charge is 0.493 e. The van der Waals surface area contributed by atoms with Crippen molar-refractivity contribution >= 4 is 23.2 Å². The van der Waals surface area contributed by atoms with E-state index in [4.69, 9.17) is 32.7 Å². The molecule has 1 fully saturated rings. The van der Waals surface area contributed by atoms with E-state index in [0.29, 0.717) is 28.5 Å². The molecule has 1 aliphatic carbocycles. The molecule has 0 saturated heterocycles. The zero-order chi connectivity index (χ0) is 14.7. The van der Waals surface area contributed by atoms with Gasteiger partial charge in [-0.05, 0) is 37.2 Å². The average molecular weight is 317 g/mol. The number of rotatable bonds is 4. The third-order valence-corrected chi connectivity index (χ3v) is 4.39. The Morgan fingerprint density at radius 3 is 2.35 bits per heavy atom. The molecule has 1 saturated carbocycles. The van der Waals surface area contributed by atoms with Crippen molar-refractivity contribution in [1.82, 2.24) is 0 Å². The second-order valence-corrected chi connectivity index (χ2v) is 6.59. The summed E-state index contributed by atoms with van der Waals surface area (Å²) in [4.78, 5) is 0. The number of ether oxygens (including phenoxy) is 2. The van der Waals surface area contributed by atoms with Crippen LogP contribution in [-0.2, 0) is 5.88 Å². The van der Waals surface area contributed by atoms with Gasteiger partial charge in [-0.3, -0.25) is 0 Å². The lowest BCUT2D eigenvalue weighted by molar-refractivity contribution is 0.0972. The highest BCUT2D eigenvalue weighted by atomic mass is 35.5. The summed E-state index contributed by atoms with van der Waals surface area (Å²) in [5.41, 5.74) is 0.891. The molecule has 0 aliphatic heterocycles. The molecule has 0 amide bonds. The van der Waals surface area contributed by atoms with Crippen molar-refractivity contribution in [3.63, 3.8) is 0 Å². The summed E-state index contributed by atoms with van der Waals surface area (Å²) in [5.74, 6) is 3.17. The van der Waals surface area contributed by atoms with Crippen LogP contribution in [0, 0.1) is 11.8 Å². The first-order valence-corrected chi connectivity index (χ1v) is 8.03. The maximum absolute atomic E-state index is 6.23. The molecule has 2 unspecified atom stereocenters. The van der Waals surface area contributed by atoms with E-state index in [1.807, 2.05) is 6.07 Å². The monoisotopic (exact) mass is 316 g/mol. The molecule has 0 spiro atoms. The van der Waals surface area contributed by atoms with Crippen LogP contribution in [0.4, 0.5) is 0 Å². The van der Waals surface area contributed by atoms with E-state index < -0.39 is 0 Å². The normalized spacial score (nSPS) is 26.4. The van der Waals surface area contributed by atoms with Gasteiger partial charge in [-0.15, -0.1) is 11.6 Å². The highest BCUT2D eigenvalue weighted by molar-refractivity contribution is 6.31. The molecule has 0 bridgehead atoms. The molecule has 0 heterocycles. The maximum atomic E-state index is 6.23. The van der Waals surface area contributed by atoms with Crippen LogP contribution < -0.4 is 9.47 Å². The molecule has 0 radical (unpaired) electrons. The Balaban J connectivity index is 2.23. The molecule has 2 rings (SSSR count). The minimum Gasteiger partial charge on any atom is -0.493 e. The van der Waals surface area contributed by atoms with Gasteiger partial charge in [-0.2, -0.15) is 0 Å². The number of halogens is 2. The van der Waals surface area contributed by atoms with E-state index in [1.54, 1.807) is 13.2 Å². The molecule has 0 aromatic heterocycles. The van der Waals surface area contributed by atoms with Crippen LogP contribution in [-0.4, -0.2) is 13.2 Å². The van der Waals surface area contributed by atoms with E-state index in [2.05, 4.69) is 13.8 Å². The van der Waals surface area contributed by atoms with Crippen LogP contribution in [0.1, 0.15) is 38.7 Å². The van der Waals surface area contributed by atoms with Crippen molar-refractivity contribution in [2.24, 2.45) is 11.8 Å². The number of hydrogen-bond acceptors (Lipinski definition) is 2. The lowest BCUT2D eigenvalue weighted by atomic mass is 9.82. The van der Waals surface area contributed by atoms with E-state index in [-0.39, 0.29) is 6.10 Å². The summed E-state index contributed by atoms with van der Waals surface area (Å²) >= 11 is 12.1. The molecule has 2 atom stereocenters. The molecule has 4 heteroatoms. The minimum atomic E-state index is 0.228. The minimum absolute atomic E-state index is 0.228. The van der Waals surface area contributed by atoms with Crippen molar-refractivity contribution in [2.45, 2.75) is 45.1 Å². The quantitative estimate of drug-likeness (QED) is 0.702. The number of methoxy groups -OCH3 is 1. The highest BCUT2D eigenvalue weighted by Crippen LogP contribution is 2.39. The molecule has 112 valence electrons. The van der Waals surface area contributed by atoms with Gasteiger partial charge >= 0.3 is 0 Å². The molecule has 1 aromatic rings. The van der Waals surface area contributed by atoms with Gasteiger partial charge < -0.3 is 9.47 Å². The fraction of sp³-hybridized carbons (Fsp3) is 0.625. The number of benzene rings is 1. The van der Waals surface area contributed by atoms with Crippen molar-refractivity contribution in [3.05, 3.63) is 22.7 Å². The Morgan fingerprint density at radius 2 is 1.80 bits per heavy atom. The SMILES string of the molecule is COc1cc(Cl)cc(CCl)c1OC1CC(C)CC(C)C1. The highest BCUT2D eigenvalue weighted by Gasteiger charge is 2.27. The Morgan fingerprint density at radius 1 is 1.15 bits per heavy atom. The Kier molecular flexibility index (Phi) is 5.45. The smallest absolute Gasteiger partial charge is 0.166 e. The first-order chi connectivity index (χ1) is 9.53. The molecule has 1 aromatic carbocycles. The van der Waals surface area contributed by atoms with E-state index in [0.717, 1.165) is 24.2 Å². The van der Waals surface area contributed by atoms with Crippen LogP contribution in [0.5, 0.6) is 11.5 Å². The molecule has 0 N–H and O–H groups in total. The van der Waals surface area contributed by atoms with Gasteiger partial charge in [-0.1, -0.05) is 25.4 Å². The van der Waals surface area contributed by atoms with Gasteiger partial charge in [0.15, 0.2) is 11.5 Å². The topological polar surface area (TPSA) is 18.5 Å². The summed E-state index contributed by atoms with van der Waals surface area (Å²) in [6, 6.07) is 3.63. The van der Waals surface area contributed by atoms with Gasteiger partial charge in [0.25, 0.3) is 0 Å². The zero-order valence-corrected chi connectivity index (χ0v) is 13.8. The van der Waals surface area contributed by atoms with Gasteiger partial charge in [0.2, 0.25) is 0 Å². The number of alkyl halides is 1. The Hall–Kier alpha value is -0.600. The average Bonchev–Trinajstić information content (AvgIpc) is 2.39. The van der Waals surface area contributed by atoms with Crippen molar-refractivity contribution in [2.75, 3.05) is 7.11 Å². The third kappa shape index (κ3) is 3.73. The second kappa shape index (κ2) is 6.91. The molecule has 2 nitrogen and oxygen atoms in total. The molecule has 20 heavy (non-hydrogen) atoms. The summed E-state index contributed by atoms with van der Waals surface area (Å²) in [6.45, 7) is 4.57. The fourth-order valence-electron chi connectivity index (χ4n) is 3.14. The van der Waals surface area contributed by atoms with Crippen LogP contribution in [0.25, 0.3) is 0 Å². The van der Waals surface area contributed by atoms with E-state index in [1.165, 1.54) is 6.42 Å². The molecular weight excluding hydrogens is 295 g/mol. The molecular formula is C16H22Cl2O2. The van der Waals surface area contributed by atoms with Crippen LogP contribution in [0.3, 0.4) is 0 Å². The summed E-state index contributed by atoms with van der Waals surface area (Å²) in [5, 5.41) is 0.621. The Bertz CT molecular complexity index is 427. The predicted octanol–water partition coefficient (Wildman–Crippen LogP) is 5.29. The molecule has 1 aliphatic rings.